The first kappa shape index (κ1) is 14.2. The van der Waals surface area contributed by atoms with Crippen molar-refractivity contribution in [1.29, 1.82) is 0 Å². The number of para-hydroxylation sites is 1. The van der Waals surface area contributed by atoms with Gasteiger partial charge in [-0.3, -0.25) is 9.89 Å². The molecule has 3 atom stereocenters. The Morgan fingerprint density at radius 2 is 2.00 bits per heavy atom. The summed E-state index contributed by atoms with van der Waals surface area (Å²) in [6.07, 6.45) is 4.65. The topological polar surface area (TPSA) is 86.3 Å². The fourth-order valence-electron chi connectivity index (χ4n) is 4.22. The molecule has 2 heterocycles. The molecule has 2 aliphatic rings. The smallest absolute Gasteiger partial charge is 0.326 e. The number of fused-ring (bicyclic) bond motifs is 2. The van der Waals surface area contributed by atoms with Crippen LogP contribution in [0, 0.1) is 5.92 Å². The Morgan fingerprint density at radius 1 is 1.22 bits per heavy atom. The van der Waals surface area contributed by atoms with E-state index in [-0.39, 0.29) is 11.9 Å². The molecule has 23 heavy (non-hydrogen) atoms. The number of nitrogens with zero attached hydrogens (tertiary/aromatic N) is 2. The zero-order valence-electron chi connectivity index (χ0n) is 12.7. The summed E-state index contributed by atoms with van der Waals surface area (Å²) in [6.45, 7) is 0. The van der Waals surface area contributed by atoms with Crippen LogP contribution in [0.1, 0.15) is 42.6 Å². The summed E-state index contributed by atoms with van der Waals surface area (Å²) in [5, 5.41) is 17.3. The first-order valence-electron chi connectivity index (χ1n) is 8.15. The Kier molecular flexibility index (Phi) is 3.32. The minimum absolute atomic E-state index is 0.0350. The van der Waals surface area contributed by atoms with Crippen LogP contribution in [0.4, 0.5) is 0 Å². The molecule has 2 N–H and O–H groups in total. The number of H-pyrrole nitrogens is 1. The normalized spacial score (nSPS) is 27.1. The lowest BCUT2D eigenvalue weighted by Gasteiger charge is -2.32. The summed E-state index contributed by atoms with van der Waals surface area (Å²) >= 11 is 0. The van der Waals surface area contributed by atoms with Crippen LogP contribution >= 0.6 is 0 Å². The lowest BCUT2D eigenvalue weighted by Crippen LogP contribution is -2.46. The van der Waals surface area contributed by atoms with E-state index in [2.05, 4.69) is 10.2 Å². The third kappa shape index (κ3) is 2.20. The number of carboxylic acid groups (broad SMARTS) is 1. The van der Waals surface area contributed by atoms with E-state index in [9.17, 15) is 14.7 Å². The Morgan fingerprint density at radius 3 is 2.83 bits per heavy atom. The molecule has 0 bridgehead atoms. The molecular formula is C17H19N3O3. The number of carboxylic acids is 1. The van der Waals surface area contributed by atoms with E-state index in [0.717, 1.165) is 36.6 Å². The van der Waals surface area contributed by atoms with Crippen LogP contribution in [-0.2, 0) is 4.79 Å². The summed E-state index contributed by atoms with van der Waals surface area (Å²) in [5.74, 6) is -0.865. The largest absolute Gasteiger partial charge is 0.480 e. The highest BCUT2D eigenvalue weighted by molar-refractivity contribution is 6.06. The second-order valence-corrected chi connectivity index (χ2v) is 6.53. The monoisotopic (exact) mass is 313 g/mol. The van der Waals surface area contributed by atoms with Crippen molar-refractivity contribution in [3.63, 3.8) is 0 Å². The molecule has 120 valence electrons. The predicted molar refractivity (Wildman–Crippen MR) is 84.1 cm³/mol. The van der Waals surface area contributed by atoms with Gasteiger partial charge in [0.25, 0.3) is 5.91 Å². The molecule has 2 fully saturated rings. The molecule has 1 saturated carbocycles. The van der Waals surface area contributed by atoms with E-state index in [1.807, 2.05) is 24.3 Å². The summed E-state index contributed by atoms with van der Waals surface area (Å²) in [7, 11) is 0. The molecule has 1 saturated heterocycles. The zero-order chi connectivity index (χ0) is 16.0. The van der Waals surface area contributed by atoms with Gasteiger partial charge in [-0.25, -0.2) is 4.79 Å². The first-order chi connectivity index (χ1) is 11.2. The number of aromatic amines is 1. The molecule has 6 heteroatoms. The number of nitrogens with one attached hydrogen (secondary N) is 1. The summed E-state index contributed by atoms with van der Waals surface area (Å²) in [4.78, 5) is 26.3. The molecule has 2 aromatic rings. The molecule has 0 radical (unpaired) electrons. The van der Waals surface area contributed by atoms with Gasteiger partial charge in [0.1, 0.15) is 6.04 Å². The zero-order valence-corrected chi connectivity index (χ0v) is 12.7. The Bertz CT molecular complexity index is 769. The van der Waals surface area contributed by atoms with Crippen LogP contribution in [0.5, 0.6) is 0 Å². The third-order valence-corrected chi connectivity index (χ3v) is 5.28. The van der Waals surface area contributed by atoms with Gasteiger partial charge in [-0.1, -0.05) is 31.0 Å². The number of benzene rings is 1. The lowest BCUT2D eigenvalue weighted by atomic mass is 9.84. The second-order valence-electron chi connectivity index (χ2n) is 6.53. The van der Waals surface area contributed by atoms with Gasteiger partial charge in [0, 0.05) is 11.4 Å². The summed E-state index contributed by atoms with van der Waals surface area (Å²) in [5.41, 5.74) is 1.13. The molecule has 1 aliphatic heterocycles. The number of rotatable bonds is 2. The van der Waals surface area contributed by atoms with Crippen LogP contribution in [0.2, 0.25) is 0 Å². The predicted octanol–water partition coefficient (Wildman–Crippen LogP) is 2.42. The highest BCUT2D eigenvalue weighted by atomic mass is 16.4. The van der Waals surface area contributed by atoms with Gasteiger partial charge in [-0.05, 0) is 31.2 Å². The van der Waals surface area contributed by atoms with Crippen LogP contribution in [0.25, 0.3) is 10.9 Å². The van der Waals surface area contributed by atoms with Crippen molar-refractivity contribution < 1.29 is 14.7 Å². The summed E-state index contributed by atoms with van der Waals surface area (Å²) in [6, 6.07) is 6.74. The molecule has 1 aromatic carbocycles. The van der Waals surface area contributed by atoms with E-state index >= 15 is 0 Å². The fourth-order valence-corrected chi connectivity index (χ4v) is 4.22. The number of carbonyl (C=O) groups is 2. The van der Waals surface area contributed by atoms with Gasteiger partial charge in [0.15, 0.2) is 5.69 Å². The van der Waals surface area contributed by atoms with E-state index in [0.29, 0.717) is 18.0 Å². The summed E-state index contributed by atoms with van der Waals surface area (Å²) < 4.78 is 0. The maximum absolute atomic E-state index is 13.1. The van der Waals surface area contributed by atoms with Crippen LogP contribution < -0.4 is 0 Å². The van der Waals surface area contributed by atoms with E-state index in [4.69, 9.17) is 0 Å². The lowest BCUT2D eigenvalue weighted by molar-refractivity contribution is -0.141. The number of aromatic nitrogens is 2. The molecule has 1 aromatic heterocycles. The van der Waals surface area contributed by atoms with Crippen molar-refractivity contribution >= 4 is 22.8 Å². The molecular weight excluding hydrogens is 294 g/mol. The third-order valence-electron chi connectivity index (χ3n) is 5.28. The van der Waals surface area contributed by atoms with E-state index in [1.165, 1.54) is 0 Å². The Labute approximate surface area is 133 Å². The number of hydrogen-bond acceptors (Lipinski definition) is 3. The minimum atomic E-state index is -0.910. The Hall–Kier alpha value is -2.37. The number of carbonyl (C=O) groups excluding carboxylic acids is 1. The molecule has 4 rings (SSSR count). The van der Waals surface area contributed by atoms with Gasteiger partial charge in [-0.2, -0.15) is 5.10 Å². The van der Waals surface area contributed by atoms with Crippen LogP contribution in [0.3, 0.4) is 0 Å². The molecule has 0 spiro atoms. The number of aliphatic carboxylic acids is 1. The second kappa shape index (κ2) is 5.37. The number of likely N-dealkylation sites (tertiary alicyclic amines) is 1. The highest BCUT2D eigenvalue weighted by Gasteiger charge is 2.48. The quantitative estimate of drug-likeness (QED) is 0.891. The van der Waals surface area contributed by atoms with Gasteiger partial charge in [-0.15, -0.1) is 0 Å². The fraction of sp³-hybridized carbons (Fsp3) is 0.471. The van der Waals surface area contributed by atoms with Crippen LogP contribution in [0.15, 0.2) is 24.3 Å². The van der Waals surface area contributed by atoms with Gasteiger partial charge >= 0.3 is 5.97 Å². The molecule has 1 amide bonds. The number of amides is 1. The number of hydrogen-bond donors (Lipinski definition) is 2. The molecule has 1 aliphatic carbocycles. The van der Waals surface area contributed by atoms with E-state index in [1.54, 1.807) is 4.90 Å². The highest BCUT2D eigenvalue weighted by Crippen LogP contribution is 2.40. The molecule has 6 nitrogen and oxygen atoms in total. The first-order valence-corrected chi connectivity index (χ1v) is 8.15. The van der Waals surface area contributed by atoms with Crippen molar-refractivity contribution in [1.82, 2.24) is 15.1 Å². The minimum Gasteiger partial charge on any atom is -0.480 e. The Balaban J connectivity index is 1.74. The van der Waals surface area contributed by atoms with Gasteiger partial charge < -0.3 is 10.0 Å². The van der Waals surface area contributed by atoms with Crippen molar-refractivity contribution in [3.05, 3.63) is 30.0 Å². The van der Waals surface area contributed by atoms with Crippen molar-refractivity contribution in [2.24, 2.45) is 5.92 Å². The van der Waals surface area contributed by atoms with Gasteiger partial charge in [0.05, 0.1) is 5.52 Å². The van der Waals surface area contributed by atoms with E-state index < -0.39 is 12.0 Å². The van der Waals surface area contributed by atoms with Gasteiger partial charge in [0.2, 0.25) is 0 Å². The van der Waals surface area contributed by atoms with Crippen molar-refractivity contribution in [2.45, 2.75) is 44.2 Å². The van der Waals surface area contributed by atoms with Crippen molar-refractivity contribution in [2.75, 3.05) is 0 Å². The maximum Gasteiger partial charge on any atom is 0.326 e. The average molecular weight is 313 g/mol. The molecule has 3 unspecified atom stereocenters. The standard InChI is InChI=1S/C17H19N3O3/c21-16(15-11-6-2-3-7-12(11)18-19-15)20-13-8-4-1-5-10(13)9-14(20)17(22)23/h2-3,6-7,10,13-14H,1,4-5,8-9H2,(H,18,19)(H,22,23). The maximum atomic E-state index is 13.1. The SMILES string of the molecule is O=C(O)C1CC2CCCCC2N1C(=O)c1n[nH]c2ccccc12. The van der Waals surface area contributed by atoms with Crippen LogP contribution in [-0.4, -0.2) is 44.2 Å². The van der Waals surface area contributed by atoms with Crippen molar-refractivity contribution in [3.8, 4) is 0 Å². The average Bonchev–Trinajstić information content (AvgIpc) is 3.16.